The number of rotatable bonds is 24. The normalized spacial score (nSPS) is 21.4. The average Bonchev–Trinajstić information content (AvgIpc) is 3.86. The van der Waals surface area contributed by atoms with Crippen molar-refractivity contribution < 1.29 is 33.9 Å². The molecule has 1 aliphatic carbocycles. The zero-order valence-corrected chi connectivity index (χ0v) is 33.0. The molecule has 2 aliphatic heterocycles. The number of unbranched alkanes of at least 4 members (excludes halogenated alkanes) is 1. The summed E-state index contributed by atoms with van der Waals surface area (Å²) in [6.07, 6.45) is 7.29. The minimum absolute atomic E-state index is 0.0280. The molecule has 2 saturated heterocycles. The molecule has 0 bridgehead atoms. The van der Waals surface area contributed by atoms with Gasteiger partial charge in [-0.05, 0) is 81.6 Å². The highest BCUT2D eigenvalue weighted by atomic mass is 16.3. The molecule has 1 saturated carbocycles. The van der Waals surface area contributed by atoms with Crippen molar-refractivity contribution in [1.29, 1.82) is 0 Å². The molecule has 19 heteroatoms. The SMILES string of the molecule is CC(=O)NC(CCCNC(N)N)C(=O)NC(CC1CCCCC1)C(=O)N1CCC1C(=O)NC(Cc1ccc(O)cc1)C(=O)NC(CCCCNC1NC1N)C(N)=O. The Morgan fingerprint density at radius 2 is 1.47 bits per heavy atom. The van der Waals surface area contributed by atoms with Crippen LogP contribution in [0.1, 0.15) is 89.5 Å². The van der Waals surface area contributed by atoms with E-state index in [9.17, 15) is 33.9 Å². The Bertz CT molecular complexity index is 1510. The summed E-state index contributed by atoms with van der Waals surface area (Å²) < 4.78 is 0. The standard InChI is InChI=1S/C38H64N12O7/c1-22(51)45-27(11-7-18-44-38(41)42)34(54)48-29(21-23-8-3-2-4-9-23)37(57)50-19-16-30(50)36(56)47-28(20-24-12-14-25(52)15-13-24)35(55)46-26(32(40)53)10-5-6-17-43-33-31(39)49-33/h12-15,23,26-31,33,38,43-44,49,52H,2-11,16-21,39,41-42H2,1H3,(H2,40,53)(H,45,51)(H,46,55)(H,47,56)(H,48,54). The quantitative estimate of drug-likeness (QED) is 0.0293. The first-order valence-corrected chi connectivity index (χ1v) is 20.3. The molecule has 3 aliphatic rings. The summed E-state index contributed by atoms with van der Waals surface area (Å²) in [4.78, 5) is 81.4. The van der Waals surface area contributed by atoms with Gasteiger partial charge in [-0.25, -0.2) is 0 Å². The van der Waals surface area contributed by atoms with Crippen molar-refractivity contribution in [3.63, 3.8) is 0 Å². The number of carbonyl (C=O) groups is 6. The number of hydrogen-bond donors (Lipinski definition) is 12. The van der Waals surface area contributed by atoms with Crippen LogP contribution in [-0.2, 0) is 35.2 Å². The summed E-state index contributed by atoms with van der Waals surface area (Å²) in [6.45, 7) is 2.65. The number of amides is 6. The summed E-state index contributed by atoms with van der Waals surface area (Å²) >= 11 is 0. The van der Waals surface area contributed by atoms with Crippen molar-refractivity contribution in [3.05, 3.63) is 29.8 Å². The number of primary amides is 1. The van der Waals surface area contributed by atoms with E-state index in [4.69, 9.17) is 22.9 Å². The second-order valence-electron chi connectivity index (χ2n) is 15.5. The van der Waals surface area contributed by atoms with Gasteiger partial charge in [0.05, 0.1) is 12.3 Å². The van der Waals surface area contributed by atoms with Crippen molar-refractivity contribution in [3.8, 4) is 5.75 Å². The predicted octanol–water partition coefficient (Wildman–Crippen LogP) is -2.50. The number of nitrogens with two attached hydrogens (primary N) is 4. The van der Waals surface area contributed by atoms with Crippen LogP contribution in [0.25, 0.3) is 0 Å². The van der Waals surface area contributed by atoms with Crippen molar-refractivity contribution >= 4 is 35.4 Å². The van der Waals surface area contributed by atoms with Crippen molar-refractivity contribution in [1.82, 2.24) is 42.1 Å². The first kappa shape index (κ1) is 45.3. The smallest absolute Gasteiger partial charge is 0.245 e. The third-order valence-corrected chi connectivity index (χ3v) is 10.8. The number of nitrogens with one attached hydrogen (secondary N) is 7. The van der Waals surface area contributed by atoms with Gasteiger partial charge in [-0.15, -0.1) is 0 Å². The summed E-state index contributed by atoms with van der Waals surface area (Å²) in [5.74, 6) is -3.00. The minimum Gasteiger partial charge on any atom is -0.508 e. The molecule has 2 heterocycles. The van der Waals surface area contributed by atoms with Crippen LogP contribution in [-0.4, -0.2) is 114 Å². The van der Waals surface area contributed by atoms with E-state index in [1.807, 2.05) is 0 Å². The molecule has 1 aromatic carbocycles. The molecule has 57 heavy (non-hydrogen) atoms. The summed E-state index contributed by atoms with van der Waals surface area (Å²) in [6, 6.07) is 1.28. The average molecular weight is 801 g/mol. The zero-order valence-electron chi connectivity index (χ0n) is 33.0. The van der Waals surface area contributed by atoms with Crippen LogP contribution in [0.2, 0.25) is 0 Å². The number of benzene rings is 1. The second-order valence-corrected chi connectivity index (χ2v) is 15.5. The van der Waals surface area contributed by atoms with Gasteiger partial charge in [-0.3, -0.25) is 44.7 Å². The fourth-order valence-electron chi connectivity index (χ4n) is 7.43. The highest BCUT2D eigenvalue weighted by Gasteiger charge is 2.43. The number of phenolic OH excluding ortho intramolecular Hbond substituents is 1. The molecule has 0 radical (unpaired) electrons. The number of nitrogens with zero attached hydrogens (tertiary/aromatic N) is 1. The van der Waals surface area contributed by atoms with Crippen molar-refractivity contribution in [2.45, 2.75) is 139 Å². The topological polar surface area (TPSA) is 324 Å². The highest BCUT2D eigenvalue weighted by molar-refractivity contribution is 5.97. The minimum atomic E-state index is -1.15. The number of carbonyl (C=O) groups excluding carboxylic acids is 6. The monoisotopic (exact) mass is 801 g/mol. The summed E-state index contributed by atoms with van der Waals surface area (Å²) in [5.41, 5.74) is 23.2. The Morgan fingerprint density at radius 3 is 2.07 bits per heavy atom. The lowest BCUT2D eigenvalue weighted by atomic mass is 9.84. The number of aromatic hydroxyl groups is 1. The van der Waals surface area contributed by atoms with E-state index in [0.29, 0.717) is 50.8 Å². The Labute approximate surface area is 334 Å². The molecule has 19 nitrogen and oxygen atoms in total. The molecule has 7 unspecified atom stereocenters. The Hall–Kier alpha value is -4.40. The van der Waals surface area contributed by atoms with Crippen LogP contribution in [0.5, 0.6) is 5.75 Å². The van der Waals surface area contributed by atoms with Crippen molar-refractivity contribution in [2.24, 2.45) is 28.9 Å². The van der Waals surface area contributed by atoms with Gasteiger partial charge in [0.15, 0.2) is 0 Å². The van der Waals surface area contributed by atoms with Gasteiger partial charge in [0.1, 0.15) is 42.2 Å². The molecule has 1 aromatic rings. The number of likely N-dealkylation sites (tertiary alicyclic amines) is 1. The molecular formula is C38H64N12O7. The Morgan fingerprint density at radius 1 is 0.825 bits per heavy atom. The highest BCUT2D eigenvalue weighted by Crippen LogP contribution is 2.29. The first-order valence-electron chi connectivity index (χ1n) is 20.3. The van der Waals surface area contributed by atoms with Crippen LogP contribution >= 0.6 is 0 Å². The summed E-state index contributed by atoms with van der Waals surface area (Å²) in [7, 11) is 0. The molecule has 7 atom stereocenters. The Kier molecular flexibility index (Phi) is 17.9. The maximum atomic E-state index is 14.2. The maximum absolute atomic E-state index is 14.2. The third kappa shape index (κ3) is 15.1. The van der Waals surface area contributed by atoms with E-state index in [0.717, 1.165) is 32.1 Å². The molecule has 318 valence electrons. The van der Waals surface area contributed by atoms with Gasteiger partial charge in [0.25, 0.3) is 0 Å². The van der Waals surface area contributed by atoms with Crippen LogP contribution in [0, 0.1) is 5.92 Å². The molecule has 16 N–H and O–H groups in total. The lowest BCUT2D eigenvalue weighted by Crippen LogP contribution is -2.65. The van der Waals surface area contributed by atoms with E-state index >= 15 is 0 Å². The van der Waals surface area contributed by atoms with Crippen LogP contribution < -0.4 is 60.2 Å². The fraction of sp³-hybridized carbons (Fsp3) is 0.684. The molecule has 6 amide bonds. The molecular weight excluding hydrogens is 736 g/mol. The number of phenols is 1. The van der Waals surface area contributed by atoms with Gasteiger partial charge < -0.3 is 54.2 Å². The van der Waals surface area contributed by atoms with Crippen LogP contribution in [0.3, 0.4) is 0 Å². The lowest BCUT2D eigenvalue weighted by Gasteiger charge is -2.42. The van der Waals surface area contributed by atoms with E-state index in [1.165, 1.54) is 24.0 Å². The molecule has 0 aromatic heterocycles. The molecule has 3 fully saturated rings. The van der Waals surface area contributed by atoms with Crippen LogP contribution in [0.4, 0.5) is 0 Å². The summed E-state index contributed by atoms with van der Waals surface area (Å²) in [5, 5.41) is 30.0. The maximum Gasteiger partial charge on any atom is 0.245 e. The second kappa shape index (κ2) is 22.5. The van der Waals surface area contributed by atoms with Gasteiger partial charge in [-0.2, -0.15) is 0 Å². The zero-order chi connectivity index (χ0) is 41.5. The van der Waals surface area contributed by atoms with Gasteiger partial charge in [-0.1, -0.05) is 44.2 Å². The van der Waals surface area contributed by atoms with Gasteiger partial charge in [0.2, 0.25) is 35.4 Å². The van der Waals surface area contributed by atoms with E-state index in [2.05, 4.69) is 37.2 Å². The van der Waals surface area contributed by atoms with Gasteiger partial charge >= 0.3 is 0 Å². The number of hydrogen-bond acceptors (Lipinski definition) is 13. The fourth-order valence-corrected chi connectivity index (χ4v) is 7.43. The third-order valence-electron chi connectivity index (χ3n) is 10.8. The van der Waals surface area contributed by atoms with E-state index < -0.39 is 71.9 Å². The van der Waals surface area contributed by atoms with Crippen LogP contribution in [0.15, 0.2) is 24.3 Å². The van der Waals surface area contributed by atoms with E-state index in [1.54, 1.807) is 12.1 Å². The van der Waals surface area contributed by atoms with Crippen molar-refractivity contribution in [2.75, 3.05) is 19.6 Å². The largest absolute Gasteiger partial charge is 0.508 e. The molecule has 0 spiro atoms. The Balaban J connectivity index is 1.44. The predicted molar refractivity (Wildman–Crippen MR) is 212 cm³/mol. The molecule has 4 rings (SSSR count). The first-order chi connectivity index (χ1) is 27.2. The van der Waals surface area contributed by atoms with Gasteiger partial charge in [0, 0.05) is 19.9 Å². The van der Waals surface area contributed by atoms with E-state index in [-0.39, 0.29) is 49.8 Å². The lowest BCUT2D eigenvalue weighted by molar-refractivity contribution is -0.151.